The molecule has 0 radical (unpaired) electrons. The third kappa shape index (κ3) is 4.36. The van der Waals surface area contributed by atoms with Gasteiger partial charge in [0.1, 0.15) is 5.75 Å². The van der Waals surface area contributed by atoms with E-state index in [9.17, 15) is 0 Å². The summed E-state index contributed by atoms with van der Waals surface area (Å²) >= 11 is 6.14. The van der Waals surface area contributed by atoms with Crippen LogP contribution in [0.15, 0.2) is 42.6 Å². The van der Waals surface area contributed by atoms with E-state index < -0.39 is 0 Å². The first kappa shape index (κ1) is 17.0. The molecule has 0 atom stereocenters. The van der Waals surface area contributed by atoms with Gasteiger partial charge < -0.3 is 15.4 Å². The van der Waals surface area contributed by atoms with Crippen molar-refractivity contribution in [3.63, 3.8) is 0 Å². The maximum Gasteiger partial charge on any atom is 0.249 e. The molecule has 1 heterocycles. The van der Waals surface area contributed by atoms with Crippen LogP contribution in [0.4, 0.5) is 23.1 Å². The van der Waals surface area contributed by atoms with Crippen molar-refractivity contribution >= 4 is 34.7 Å². The molecular weight excluding hydrogens is 338 g/mol. The van der Waals surface area contributed by atoms with Gasteiger partial charge in [0, 0.05) is 11.4 Å². The Morgan fingerprint density at radius 1 is 0.960 bits per heavy atom. The largest absolute Gasteiger partial charge is 0.495 e. The Morgan fingerprint density at radius 3 is 2.40 bits per heavy atom. The number of aromatic nitrogens is 3. The van der Waals surface area contributed by atoms with Crippen molar-refractivity contribution in [3.05, 3.63) is 58.7 Å². The molecule has 0 spiro atoms. The summed E-state index contributed by atoms with van der Waals surface area (Å²) in [4.78, 5) is 4.42. The fraction of sp³-hybridized carbons (Fsp3) is 0.167. The minimum absolute atomic E-state index is 0.412. The predicted octanol–water partition coefficient (Wildman–Crippen LogP) is 4.64. The van der Waals surface area contributed by atoms with Gasteiger partial charge in [-0.25, -0.2) is 0 Å². The minimum Gasteiger partial charge on any atom is -0.495 e. The lowest BCUT2D eigenvalue weighted by Gasteiger charge is -2.10. The molecule has 2 N–H and O–H groups in total. The highest BCUT2D eigenvalue weighted by Crippen LogP contribution is 2.28. The summed E-state index contributed by atoms with van der Waals surface area (Å²) in [5.74, 6) is 1.59. The summed E-state index contributed by atoms with van der Waals surface area (Å²) in [5, 5.41) is 14.8. The monoisotopic (exact) mass is 355 g/mol. The third-order valence-electron chi connectivity index (χ3n) is 3.46. The second-order valence-electron chi connectivity index (χ2n) is 5.64. The van der Waals surface area contributed by atoms with Crippen LogP contribution in [0.5, 0.6) is 5.75 Å². The SMILES string of the molecule is COc1ccc(Nc2cnnc(Nc3cc(C)cc(C)c3)n2)cc1Cl. The predicted molar refractivity (Wildman–Crippen MR) is 100 cm³/mol. The Kier molecular flexibility index (Phi) is 5.00. The van der Waals surface area contributed by atoms with E-state index in [1.54, 1.807) is 25.4 Å². The van der Waals surface area contributed by atoms with E-state index in [2.05, 4.69) is 31.9 Å². The Morgan fingerprint density at radius 2 is 1.72 bits per heavy atom. The molecule has 25 heavy (non-hydrogen) atoms. The zero-order valence-electron chi connectivity index (χ0n) is 14.2. The summed E-state index contributed by atoms with van der Waals surface area (Å²) in [6.45, 7) is 4.09. The van der Waals surface area contributed by atoms with Crippen molar-refractivity contribution in [2.45, 2.75) is 13.8 Å². The van der Waals surface area contributed by atoms with Crippen LogP contribution in [0, 0.1) is 13.8 Å². The Balaban J connectivity index is 1.78. The van der Waals surface area contributed by atoms with E-state index in [1.165, 1.54) is 0 Å². The number of aryl methyl sites for hydroxylation is 2. The van der Waals surface area contributed by atoms with Gasteiger partial charge in [-0.2, -0.15) is 10.1 Å². The summed E-state index contributed by atoms with van der Waals surface area (Å²) in [6, 6.07) is 11.6. The smallest absolute Gasteiger partial charge is 0.249 e. The number of anilines is 4. The number of nitrogens with one attached hydrogen (secondary N) is 2. The van der Waals surface area contributed by atoms with Crippen molar-refractivity contribution in [2.75, 3.05) is 17.7 Å². The van der Waals surface area contributed by atoms with Crippen molar-refractivity contribution in [2.24, 2.45) is 0 Å². The zero-order chi connectivity index (χ0) is 17.8. The van der Waals surface area contributed by atoms with Crippen molar-refractivity contribution < 1.29 is 4.74 Å². The average Bonchev–Trinajstić information content (AvgIpc) is 2.54. The molecule has 128 valence electrons. The fourth-order valence-corrected chi connectivity index (χ4v) is 2.74. The number of methoxy groups -OCH3 is 1. The lowest BCUT2D eigenvalue weighted by atomic mass is 10.1. The number of benzene rings is 2. The van der Waals surface area contributed by atoms with Gasteiger partial charge in [0.2, 0.25) is 5.95 Å². The first-order valence-corrected chi connectivity index (χ1v) is 8.07. The molecule has 1 aromatic heterocycles. The van der Waals surface area contributed by atoms with Crippen LogP contribution in [0.1, 0.15) is 11.1 Å². The lowest BCUT2D eigenvalue weighted by Crippen LogP contribution is -2.02. The standard InChI is InChI=1S/C18H18ClN5O/c1-11-6-12(2)8-14(7-11)22-18-23-17(10-20-24-18)21-13-4-5-16(25-3)15(19)9-13/h4-10H,1-3H3,(H2,21,22,23,24). The average molecular weight is 356 g/mol. The fourth-order valence-electron chi connectivity index (χ4n) is 2.48. The first-order chi connectivity index (χ1) is 12.0. The molecule has 0 aliphatic rings. The molecule has 0 amide bonds. The number of ether oxygens (including phenoxy) is 1. The topological polar surface area (TPSA) is 72.0 Å². The van der Waals surface area contributed by atoms with Gasteiger partial charge in [0.15, 0.2) is 5.82 Å². The Labute approximate surface area is 151 Å². The molecule has 3 aromatic rings. The molecule has 6 nitrogen and oxygen atoms in total. The highest BCUT2D eigenvalue weighted by atomic mass is 35.5. The van der Waals surface area contributed by atoms with Gasteiger partial charge in [-0.15, -0.1) is 5.10 Å². The van der Waals surface area contributed by atoms with Crippen LogP contribution in [-0.4, -0.2) is 22.3 Å². The number of nitrogens with zero attached hydrogens (tertiary/aromatic N) is 3. The quantitative estimate of drug-likeness (QED) is 0.694. The maximum atomic E-state index is 6.14. The molecule has 3 rings (SSSR count). The van der Waals surface area contributed by atoms with Gasteiger partial charge in [0.05, 0.1) is 18.3 Å². The van der Waals surface area contributed by atoms with E-state index >= 15 is 0 Å². The molecule has 0 saturated heterocycles. The van der Waals surface area contributed by atoms with Gasteiger partial charge in [-0.05, 0) is 55.3 Å². The van der Waals surface area contributed by atoms with Crippen LogP contribution >= 0.6 is 11.6 Å². The molecule has 0 fully saturated rings. The normalized spacial score (nSPS) is 10.4. The van der Waals surface area contributed by atoms with Gasteiger partial charge in [0.25, 0.3) is 0 Å². The van der Waals surface area contributed by atoms with E-state index in [-0.39, 0.29) is 0 Å². The van der Waals surface area contributed by atoms with Crippen LogP contribution in [0.25, 0.3) is 0 Å². The molecule has 0 aliphatic carbocycles. The highest BCUT2D eigenvalue weighted by Gasteiger charge is 2.05. The van der Waals surface area contributed by atoms with E-state index in [0.717, 1.165) is 22.5 Å². The number of rotatable bonds is 5. The van der Waals surface area contributed by atoms with Crippen LogP contribution in [-0.2, 0) is 0 Å². The summed E-state index contributed by atoms with van der Waals surface area (Å²) in [7, 11) is 1.58. The highest BCUT2D eigenvalue weighted by molar-refractivity contribution is 6.32. The number of hydrogen-bond acceptors (Lipinski definition) is 6. The molecule has 7 heteroatoms. The van der Waals surface area contributed by atoms with Crippen LogP contribution in [0.2, 0.25) is 5.02 Å². The first-order valence-electron chi connectivity index (χ1n) is 7.69. The van der Waals surface area contributed by atoms with E-state index in [1.807, 2.05) is 32.0 Å². The van der Waals surface area contributed by atoms with Gasteiger partial charge in [-0.1, -0.05) is 17.7 Å². The van der Waals surface area contributed by atoms with E-state index in [4.69, 9.17) is 16.3 Å². The summed E-state index contributed by atoms with van der Waals surface area (Å²) in [6.07, 6.45) is 1.55. The molecular formula is C18H18ClN5O. The van der Waals surface area contributed by atoms with Crippen molar-refractivity contribution in [3.8, 4) is 5.75 Å². The molecule has 0 unspecified atom stereocenters. The molecule has 0 saturated carbocycles. The number of hydrogen-bond donors (Lipinski definition) is 2. The summed E-state index contributed by atoms with van der Waals surface area (Å²) in [5.41, 5.74) is 4.03. The Hall–Kier alpha value is -2.86. The molecule has 0 bridgehead atoms. The lowest BCUT2D eigenvalue weighted by molar-refractivity contribution is 0.415. The van der Waals surface area contributed by atoms with Crippen molar-refractivity contribution in [1.82, 2.24) is 15.2 Å². The molecule has 2 aromatic carbocycles. The van der Waals surface area contributed by atoms with Gasteiger partial charge in [-0.3, -0.25) is 0 Å². The van der Waals surface area contributed by atoms with Crippen LogP contribution in [0.3, 0.4) is 0 Å². The van der Waals surface area contributed by atoms with Gasteiger partial charge >= 0.3 is 0 Å². The van der Waals surface area contributed by atoms with Crippen molar-refractivity contribution in [1.29, 1.82) is 0 Å². The minimum atomic E-state index is 0.412. The van der Waals surface area contributed by atoms with E-state index in [0.29, 0.717) is 22.5 Å². The number of halogens is 1. The van der Waals surface area contributed by atoms with Crippen LogP contribution < -0.4 is 15.4 Å². The second-order valence-corrected chi connectivity index (χ2v) is 6.05. The molecule has 0 aliphatic heterocycles. The Bertz CT molecular complexity index is 880. The maximum absolute atomic E-state index is 6.14. The third-order valence-corrected chi connectivity index (χ3v) is 3.76. The second kappa shape index (κ2) is 7.36. The summed E-state index contributed by atoms with van der Waals surface area (Å²) < 4.78 is 5.15. The zero-order valence-corrected chi connectivity index (χ0v) is 14.9.